The zero-order valence-corrected chi connectivity index (χ0v) is 11.1. The summed E-state index contributed by atoms with van der Waals surface area (Å²) >= 11 is 0. The minimum atomic E-state index is -4.44. The maximum absolute atomic E-state index is 12.7. The van der Waals surface area contributed by atoms with Gasteiger partial charge in [-0.1, -0.05) is 0 Å². The fraction of sp³-hybridized carbons (Fsp3) is 0.429. The Morgan fingerprint density at radius 2 is 2.05 bits per heavy atom. The van der Waals surface area contributed by atoms with Gasteiger partial charge in [-0.2, -0.15) is 13.2 Å². The highest BCUT2D eigenvalue weighted by Crippen LogP contribution is 2.31. The van der Waals surface area contributed by atoms with Crippen LogP contribution in [0.3, 0.4) is 0 Å². The fourth-order valence-electron chi connectivity index (χ4n) is 2.82. The third-order valence-electron chi connectivity index (χ3n) is 3.95. The van der Waals surface area contributed by atoms with Crippen molar-refractivity contribution in [1.82, 2.24) is 9.55 Å². The summed E-state index contributed by atoms with van der Waals surface area (Å²) in [6, 6.07) is 3.05. The van der Waals surface area contributed by atoms with Crippen LogP contribution in [0.2, 0.25) is 0 Å². The highest BCUT2D eigenvalue weighted by Gasteiger charge is 2.31. The number of alkyl halides is 3. The molecule has 0 unspecified atom stereocenters. The summed E-state index contributed by atoms with van der Waals surface area (Å²) < 4.78 is 39.5. The molecule has 3 rings (SSSR count). The highest BCUT2D eigenvalue weighted by molar-refractivity contribution is 5.78. The smallest absolute Gasteiger partial charge is 0.328 e. The molecule has 0 aliphatic heterocycles. The van der Waals surface area contributed by atoms with Crippen molar-refractivity contribution in [3.8, 4) is 0 Å². The molecule has 1 aliphatic carbocycles. The molecule has 1 fully saturated rings. The van der Waals surface area contributed by atoms with E-state index in [9.17, 15) is 18.0 Å². The topological polar surface area (TPSA) is 60.9 Å². The van der Waals surface area contributed by atoms with Crippen molar-refractivity contribution < 1.29 is 13.2 Å². The fourth-order valence-corrected chi connectivity index (χ4v) is 2.82. The van der Waals surface area contributed by atoms with Crippen LogP contribution in [0.4, 0.5) is 13.2 Å². The molecule has 21 heavy (non-hydrogen) atoms. The van der Waals surface area contributed by atoms with Crippen LogP contribution in [0, 0.1) is 0 Å². The number of hydrogen-bond donors (Lipinski definition) is 1. The number of nitrogens with zero attached hydrogens (tertiary/aromatic N) is 2. The molecule has 0 amide bonds. The molecular weight excluding hydrogens is 283 g/mol. The Morgan fingerprint density at radius 1 is 1.29 bits per heavy atom. The van der Waals surface area contributed by atoms with Gasteiger partial charge in [0.15, 0.2) is 0 Å². The van der Waals surface area contributed by atoms with Crippen molar-refractivity contribution in [2.24, 2.45) is 5.73 Å². The minimum absolute atomic E-state index is 0.0216. The number of fused-ring (bicyclic) bond motifs is 1. The lowest BCUT2D eigenvalue weighted by Gasteiger charge is -2.14. The van der Waals surface area contributed by atoms with E-state index in [1.165, 1.54) is 17.0 Å². The number of hydrogen-bond acceptors (Lipinski definition) is 3. The molecular formula is C14H14F3N3O. The third kappa shape index (κ3) is 2.53. The SMILES string of the molecule is N[C@@H]1CC[C@@H](n2cnc3cc(C(F)(F)F)ccc3c2=O)C1. The maximum Gasteiger partial charge on any atom is 0.416 e. The van der Waals surface area contributed by atoms with Crippen molar-refractivity contribution in [1.29, 1.82) is 0 Å². The Balaban J connectivity index is 2.08. The van der Waals surface area contributed by atoms with Crippen molar-refractivity contribution in [3.05, 3.63) is 40.4 Å². The largest absolute Gasteiger partial charge is 0.416 e. The third-order valence-corrected chi connectivity index (χ3v) is 3.95. The summed E-state index contributed by atoms with van der Waals surface area (Å²) in [6.45, 7) is 0. The Kier molecular flexibility index (Phi) is 3.24. The normalized spacial score (nSPS) is 22.9. The van der Waals surface area contributed by atoms with Crippen molar-refractivity contribution in [2.75, 3.05) is 0 Å². The van der Waals surface area contributed by atoms with Crippen LogP contribution in [-0.2, 0) is 6.18 Å². The van der Waals surface area contributed by atoms with Crippen LogP contribution in [0.1, 0.15) is 30.9 Å². The molecule has 0 spiro atoms. The van der Waals surface area contributed by atoms with Gasteiger partial charge < -0.3 is 5.73 Å². The van der Waals surface area contributed by atoms with E-state index in [4.69, 9.17) is 5.73 Å². The average molecular weight is 297 g/mol. The second kappa shape index (κ2) is 4.84. The predicted octanol–water partition coefficient (Wildman–Crippen LogP) is 2.47. The first-order valence-electron chi connectivity index (χ1n) is 6.70. The first kappa shape index (κ1) is 14.1. The summed E-state index contributed by atoms with van der Waals surface area (Å²) in [5, 5.41) is 0.200. The molecule has 1 saturated carbocycles. The zero-order chi connectivity index (χ0) is 15.2. The van der Waals surface area contributed by atoms with E-state index in [-0.39, 0.29) is 28.5 Å². The number of halogens is 3. The lowest BCUT2D eigenvalue weighted by atomic mass is 10.1. The minimum Gasteiger partial charge on any atom is -0.328 e. The average Bonchev–Trinajstić information content (AvgIpc) is 2.84. The van der Waals surface area contributed by atoms with Crippen LogP contribution in [0.15, 0.2) is 29.3 Å². The quantitative estimate of drug-likeness (QED) is 0.879. The molecule has 4 nitrogen and oxygen atoms in total. The monoisotopic (exact) mass is 297 g/mol. The summed E-state index contributed by atoms with van der Waals surface area (Å²) in [6.07, 6.45) is -0.804. The molecule has 2 atom stereocenters. The van der Waals surface area contributed by atoms with E-state index < -0.39 is 11.7 Å². The van der Waals surface area contributed by atoms with Gasteiger partial charge in [0.2, 0.25) is 0 Å². The number of benzene rings is 1. The Labute approximate surface area is 118 Å². The molecule has 0 saturated heterocycles. The number of nitrogens with two attached hydrogens (primary N) is 1. The number of aromatic nitrogens is 2. The molecule has 0 bridgehead atoms. The summed E-state index contributed by atoms with van der Waals surface area (Å²) in [4.78, 5) is 16.4. The Morgan fingerprint density at radius 3 is 2.67 bits per heavy atom. The van der Waals surface area contributed by atoms with Gasteiger partial charge in [0, 0.05) is 12.1 Å². The van der Waals surface area contributed by atoms with Crippen LogP contribution in [-0.4, -0.2) is 15.6 Å². The molecule has 2 aromatic rings. The lowest BCUT2D eigenvalue weighted by Crippen LogP contribution is -2.25. The predicted molar refractivity (Wildman–Crippen MR) is 71.9 cm³/mol. The second-order valence-electron chi connectivity index (χ2n) is 5.41. The molecule has 1 heterocycles. The van der Waals surface area contributed by atoms with Gasteiger partial charge >= 0.3 is 6.18 Å². The Hall–Kier alpha value is -1.89. The molecule has 1 aliphatic rings. The standard InChI is InChI=1S/C14H14F3N3O/c15-14(16,17)8-1-4-11-12(5-8)19-7-20(13(11)21)10-3-2-9(18)6-10/h1,4-5,7,9-10H,2-3,6,18H2/t9-,10-/m1/s1. The first-order chi connectivity index (χ1) is 9.86. The van der Waals surface area contributed by atoms with Gasteiger partial charge in [-0.3, -0.25) is 9.36 Å². The maximum atomic E-state index is 12.7. The zero-order valence-electron chi connectivity index (χ0n) is 11.1. The van der Waals surface area contributed by atoms with Crippen LogP contribution < -0.4 is 11.3 Å². The molecule has 1 aromatic carbocycles. The van der Waals surface area contributed by atoms with Crippen molar-refractivity contribution in [2.45, 2.75) is 37.5 Å². The van der Waals surface area contributed by atoms with Gasteiger partial charge in [0.05, 0.1) is 22.8 Å². The second-order valence-corrected chi connectivity index (χ2v) is 5.41. The van der Waals surface area contributed by atoms with E-state index in [2.05, 4.69) is 4.98 Å². The number of rotatable bonds is 1. The summed E-state index contributed by atoms with van der Waals surface area (Å²) in [5.74, 6) is 0. The van der Waals surface area contributed by atoms with Crippen molar-refractivity contribution >= 4 is 10.9 Å². The van der Waals surface area contributed by atoms with Gasteiger partial charge in [-0.15, -0.1) is 0 Å². The van der Waals surface area contributed by atoms with Gasteiger partial charge in [0.25, 0.3) is 5.56 Å². The molecule has 1 aromatic heterocycles. The molecule has 2 N–H and O–H groups in total. The summed E-state index contributed by atoms with van der Waals surface area (Å²) in [7, 11) is 0. The van der Waals surface area contributed by atoms with E-state index in [1.807, 2.05) is 0 Å². The molecule has 112 valence electrons. The van der Waals surface area contributed by atoms with E-state index in [0.717, 1.165) is 25.0 Å². The van der Waals surface area contributed by atoms with Gasteiger partial charge in [-0.05, 0) is 37.5 Å². The molecule has 7 heteroatoms. The van der Waals surface area contributed by atoms with Crippen LogP contribution >= 0.6 is 0 Å². The van der Waals surface area contributed by atoms with Crippen molar-refractivity contribution in [3.63, 3.8) is 0 Å². The van der Waals surface area contributed by atoms with Crippen LogP contribution in [0.5, 0.6) is 0 Å². The van der Waals surface area contributed by atoms with E-state index in [0.29, 0.717) is 6.42 Å². The van der Waals surface area contributed by atoms with Gasteiger partial charge in [0.1, 0.15) is 0 Å². The first-order valence-corrected chi connectivity index (χ1v) is 6.70. The van der Waals surface area contributed by atoms with E-state index in [1.54, 1.807) is 0 Å². The van der Waals surface area contributed by atoms with Crippen LogP contribution in [0.25, 0.3) is 10.9 Å². The van der Waals surface area contributed by atoms with E-state index >= 15 is 0 Å². The highest BCUT2D eigenvalue weighted by atomic mass is 19.4. The summed E-state index contributed by atoms with van der Waals surface area (Å²) in [5.41, 5.74) is 4.78. The van der Waals surface area contributed by atoms with Gasteiger partial charge in [-0.25, -0.2) is 4.98 Å². The Bertz CT molecular complexity index is 738. The lowest BCUT2D eigenvalue weighted by molar-refractivity contribution is -0.137. The molecule has 0 radical (unpaired) electrons.